The van der Waals surface area contributed by atoms with E-state index in [0.717, 1.165) is 40.5 Å². The summed E-state index contributed by atoms with van der Waals surface area (Å²) in [5.41, 5.74) is 8.33. The highest BCUT2D eigenvalue weighted by Gasteiger charge is 2.16. The molecular weight excluding hydrogens is 252 g/mol. The van der Waals surface area contributed by atoms with Gasteiger partial charge >= 0.3 is 0 Å². The van der Waals surface area contributed by atoms with Crippen LogP contribution in [0.3, 0.4) is 0 Å². The molecule has 0 aliphatic rings. The maximum Gasteiger partial charge on any atom is 0.0947 e. The molecule has 0 spiro atoms. The van der Waals surface area contributed by atoms with Gasteiger partial charge in [-0.1, -0.05) is 17.8 Å². The van der Waals surface area contributed by atoms with E-state index in [2.05, 4.69) is 26.9 Å². The third-order valence-electron chi connectivity index (χ3n) is 2.47. The first-order chi connectivity index (χ1) is 8.20. The van der Waals surface area contributed by atoms with Crippen molar-refractivity contribution in [3.63, 3.8) is 0 Å². The van der Waals surface area contributed by atoms with Crippen molar-refractivity contribution < 1.29 is 0 Å². The molecule has 1 atom stereocenters. The Morgan fingerprint density at radius 3 is 2.94 bits per heavy atom. The van der Waals surface area contributed by atoms with E-state index in [1.165, 1.54) is 11.5 Å². The smallest absolute Gasteiger partial charge is 0.0947 e. The molecule has 17 heavy (non-hydrogen) atoms. The van der Waals surface area contributed by atoms with Gasteiger partial charge in [-0.05, 0) is 24.9 Å². The van der Waals surface area contributed by atoms with E-state index < -0.39 is 0 Å². The maximum absolute atomic E-state index is 6.21. The lowest BCUT2D eigenvalue weighted by Gasteiger charge is -2.08. The highest BCUT2D eigenvalue weighted by atomic mass is 32.1. The molecule has 0 radical (unpaired) electrons. The van der Waals surface area contributed by atoms with Gasteiger partial charge in [0, 0.05) is 23.5 Å². The summed E-state index contributed by atoms with van der Waals surface area (Å²) in [7, 11) is 0. The second-order valence-electron chi connectivity index (χ2n) is 4.03. The molecule has 2 heterocycles. The molecule has 0 amide bonds. The van der Waals surface area contributed by atoms with Crippen LogP contribution in [-0.2, 0) is 12.8 Å². The first-order valence-electron chi connectivity index (χ1n) is 5.68. The van der Waals surface area contributed by atoms with Gasteiger partial charge in [-0.2, -0.15) is 0 Å². The van der Waals surface area contributed by atoms with Gasteiger partial charge < -0.3 is 5.73 Å². The Labute approximate surface area is 109 Å². The molecule has 1 unspecified atom stereocenters. The van der Waals surface area contributed by atoms with E-state index in [9.17, 15) is 0 Å². The molecule has 4 nitrogen and oxygen atoms in total. The first kappa shape index (κ1) is 12.6. The van der Waals surface area contributed by atoms with Crippen molar-refractivity contribution in [2.24, 2.45) is 5.73 Å². The van der Waals surface area contributed by atoms with Crippen molar-refractivity contribution in [3.8, 4) is 0 Å². The third-order valence-corrected chi connectivity index (χ3v) is 4.36. The number of hydrogen-bond acceptors (Lipinski definition) is 6. The highest BCUT2D eigenvalue weighted by Crippen LogP contribution is 2.24. The van der Waals surface area contributed by atoms with Gasteiger partial charge in [0.2, 0.25) is 0 Å². The predicted molar refractivity (Wildman–Crippen MR) is 71.4 cm³/mol. The van der Waals surface area contributed by atoms with Gasteiger partial charge in [-0.25, -0.2) is 4.98 Å². The van der Waals surface area contributed by atoms with E-state index >= 15 is 0 Å². The number of aromatic nitrogens is 3. The summed E-state index contributed by atoms with van der Waals surface area (Å²) in [5.74, 6) is 0. The number of thiazole rings is 1. The number of nitrogens with two attached hydrogens (primary N) is 1. The van der Waals surface area contributed by atoms with Crippen LogP contribution >= 0.6 is 22.9 Å². The molecule has 0 saturated carbocycles. The summed E-state index contributed by atoms with van der Waals surface area (Å²) in [6.07, 6.45) is 2.80. The predicted octanol–water partition coefficient (Wildman–Crippen LogP) is 2.50. The van der Waals surface area contributed by atoms with Crippen LogP contribution in [0, 0.1) is 6.92 Å². The number of nitrogens with zero attached hydrogens (tertiary/aromatic N) is 3. The van der Waals surface area contributed by atoms with Crippen LogP contribution in [-0.4, -0.2) is 14.6 Å². The zero-order valence-corrected chi connectivity index (χ0v) is 11.6. The Hall–Kier alpha value is -0.850. The Bertz CT molecular complexity index is 477. The molecule has 2 rings (SSSR count). The van der Waals surface area contributed by atoms with Crippen LogP contribution in [0.15, 0.2) is 5.38 Å². The monoisotopic (exact) mass is 268 g/mol. The van der Waals surface area contributed by atoms with Gasteiger partial charge in [-0.3, -0.25) is 0 Å². The van der Waals surface area contributed by atoms with Gasteiger partial charge in [0.15, 0.2) is 0 Å². The highest BCUT2D eigenvalue weighted by molar-refractivity contribution is 7.09. The minimum Gasteiger partial charge on any atom is -0.323 e. The number of rotatable bonds is 5. The normalized spacial score (nSPS) is 12.9. The molecule has 92 valence electrons. The van der Waals surface area contributed by atoms with Crippen LogP contribution in [0.1, 0.15) is 40.7 Å². The van der Waals surface area contributed by atoms with E-state index in [4.69, 9.17) is 5.73 Å². The Morgan fingerprint density at radius 2 is 2.29 bits per heavy atom. The minimum absolute atomic E-state index is 0.0258. The summed E-state index contributed by atoms with van der Waals surface area (Å²) in [5, 5.41) is 7.29. The second-order valence-corrected chi connectivity index (χ2v) is 5.76. The summed E-state index contributed by atoms with van der Waals surface area (Å²) in [4.78, 5) is 5.55. The van der Waals surface area contributed by atoms with Crippen molar-refractivity contribution in [2.75, 3.05) is 0 Å². The fraction of sp³-hybridized carbons (Fsp3) is 0.545. The Balaban J connectivity index is 2.08. The van der Waals surface area contributed by atoms with Gasteiger partial charge in [0.05, 0.1) is 15.6 Å². The molecule has 0 aliphatic heterocycles. The summed E-state index contributed by atoms with van der Waals surface area (Å²) < 4.78 is 4.00. The first-order valence-corrected chi connectivity index (χ1v) is 7.33. The maximum atomic E-state index is 6.21. The average molecular weight is 268 g/mol. The van der Waals surface area contributed by atoms with Gasteiger partial charge in [0.25, 0.3) is 0 Å². The summed E-state index contributed by atoms with van der Waals surface area (Å²) >= 11 is 3.08. The molecule has 2 N–H and O–H groups in total. The van der Waals surface area contributed by atoms with Gasteiger partial charge in [-0.15, -0.1) is 16.4 Å². The molecule has 0 aromatic carbocycles. The van der Waals surface area contributed by atoms with Gasteiger partial charge in [0.1, 0.15) is 0 Å². The van der Waals surface area contributed by atoms with E-state index in [-0.39, 0.29) is 6.04 Å². The minimum atomic E-state index is -0.0258. The SMILES string of the molecule is CCCc1nnsc1C(N)Cc1nc(C)cs1. The molecule has 0 saturated heterocycles. The molecule has 2 aromatic rings. The Morgan fingerprint density at radius 1 is 1.47 bits per heavy atom. The lowest BCUT2D eigenvalue weighted by atomic mass is 10.1. The van der Waals surface area contributed by atoms with Crippen LogP contribution in [0.5, 0.6) is 0 Å². The van der Waals surface area contributed by atoms with E-state index in [1.54, 1.807) is 11.3 Å². The summed E-state index contributed by atoms with van der Waals surface area (Å²) in [6.45, 7) is 4.14. The number of hydrogen-bond donors (Lipinski definition) is 1. The van der Waals surface area contributed by atoms with Crippen LogP contribution in [0.4, 0.5) is 0 Å². The van der Waals surface area contributed by atoms with Crippen molar-refractivity contribution in [1.82, 2.24) is 14.6 Å². The molecule has 0 fully saturated rings. The van der Waals surface area contributed by atoms with Crippen LogP contribution in [0.2, 0.25) is 0 Å². The second kappa shape index (κ2) is 5.66. The standard InChI is InChI=1S/C11H16N4S2/c1-3-4-9-11(17-15-14-9)8(12)5-10-13-7(2)6-16-10/h6,8H,3-5,12H2,1-2H3. The van der Waals surface area contributed by atoms with Crippen molar-refractivity contribution in [3.05, 3.63) is 26.7 Å². The zero-order valence-electron chi connectivity index (χ0n) is 10.0. The van der Waals surface area contributed by atoms with E-state index in [0.29, 0.717) is 0 Å². The summed E-state index contributed by atoms with van der Waals surface area (Å²) in [6, 6.07) is -0.0258. The Kier molecular flexibility index (Phi) is 4.20. The quantitative estimate of drug-likeness (QED) is 0.905. The fourth-order valence-corrected chi connectivity index (χ4v) is 3.21. The third kappa shape index (κ3) is 3.08. The van der Waals surface area contributed by atoms with Crippen molar-refractivity contribution >= 4 is 22.9 Å². The molecule has 0 bridgehead atoms. The lowest BCUT2D eigenvalue weighted by Crippen LogP contribution is -2.13. The topological polar surface area (TPSA) is 64.7 Å². The number of aryl methyl sites for hydroxylation is 2. The van der Waals surface area contributed by atoms with Crippen molar-refractivity contribution in [2.45, 2.75) is 39.2 Å². The molecular formula is C11H16N4S2. The van der Waals surface area contributed by atoms with E-state index in [1.807, 2.05) is 6.92 Å². The largest absolute Gasteiger partial charge is 0.323 e. The molecule has 2 aromatic heterocycles. The van der Waals surface area contributed by atoms with Crippen molar-refractivity contribution in [1.29, 1.82) is 0 Å². The van der Waals surface area contributed by atoms with Crippen LogP contribution < -0.4 is 5.73 Å². The zero-order chi connectivity index (χ0) is 12.3. The average Bonchev–Trinajstić information content (AvgIpc) is 2.88. The molecule has 0 aliphatic carbocycles. The van der Waals surface area contributed by atoms with Crippen LogP contribution in [0.25, 0.3) is 0 Å². The molecule has 6 heteroatoms. The lowest BCUT2D eigenvalue weighted by molar-refractivity contribution is 0.710. The fourth-order valence-electron chi connectivity index (χ4n) is 1.68.